The Morgan fingerprint density at radius 3 is 2.54 bits per heavy atom. The molecule has 0 aliphatic rings. The largest absolute Gasteiger partial charge is 0.432 e. The van der Waals surface area contributed by atoms with Gasteiger partial charge in [-0.25, -0.2) is 0 Å². The highest BCUT2D eigenvalue weighted by atomic mass is 16.5. The lowest BCUT2D eigenvalue weighted by Gasteiger charge is -2.07. The Morgan fingerprint density at radius 2 is 2.08 bits per heavy atom. The van der Waals surface area contributed by atoms with Crippen LogP contribution in [0.25, 0.3) is 0 Å². The fourth-order valence-corrected chi connectivity index (χ4v) is 0.961. The molecule has 0 aromatic carbocycles. The van der Waals surface area contributed by atoms with Crippen LogP contribution in [0.3, 0.4) is 0 Å². The molecule has 13 heavy (non-hydrogen) atoms. The highest BCUT2D eigenvalue weighted by molar-refractivity contribution is 5.70. The SMILES string of the molecule is C=C(CCCC)OC(=O)CC(C)C. The van der Waals surface area contributed by atoms with Crippen LogP contribution in [0.15, 0.2) is 12.3 Å². The molecule has 0 radical (unpaired) electrons. The molecule has 0 spiro atoms. The minimum Gasteiger partial charge on any atom is -0.432 e. The van der Waals surface area contributed by atoms with Crippen molar-refractivity contribution in [1.29, 1.82) is 0 Å². The molecule has 0 atom stereocenters. The Bertz CT molecular complexity index is 171. The summed E-state index contributed by atoms with van der Waals surface area (Å²) < 4.78 is 5.03. The van der Waals surface area contributed by atoms with Crippen molar-refractivity contribution < 1.29 is 9.53 Å². The predicted molar refractivity (Wildman–Crippen MR) is 54.2 cm³/mol. The van der Waals surface area contributed by atoms with Crippen molar-refractivity contribution in [2.75, 3.05) is 0 Å². The van der Waals surface area contributed by atoms with Crippen LogP contribution in [-0.4, -0.2) is 5.97 Å². The normalized spacial score (nSPS) is 10.2. The molecule has 0 bridgehead atoms. The first-order chi connectivity index (χ1) is 6.06. The maximum Gasteiger partial charge on any atom is 0.311 e. The third kappa shape index (κ3) is 7.57. The summed E-state index contributed by atoms with van der Waals surface area (Å²) in [6.07, 6.45) is 3.40. The van der Waals surface area contributed by atoms with Gasteiger partial charge in [0, 0.05) is 12.8 Å². The second-order valence-electron chi connectivity index (χ2n) is 3.71. The van der Waals surface area contributed by atoms with Gasteiger partial charge in [0.2, 0.25) is 0 Å². The van der Waals surface area contributed by atoms with Gasteiger partial charge in [-0.05, 0) is 12.3 Å². The van der Waals surface area contributed by atoms with Gasteiger partial charge in [0.1, 0.15) is 5.76 Å². The molecule has 0 saturated heterocycles. The molecule has 2 nitrogen and oxygen atoms in total. The molecule has 0 fully saturated rings. The van der Waals surface area contributed by atoms with Gasteiger partial charge in [0.05, 0.1) is 0 Å². The van der Waals surface area contributed by atoms with E-state index in [-0.39, 0.29) is 5.97 Å². The molecule has 0 aliphatic carbocycles. The van der Waals surface area contributed by atoms with Crippen molar-refractivity contribution >= 4 is 5.97 Å². The second-order valence-corrected chi connectivity index (χ2v) is 3.71. The average molecular weight is 184 g/mol. The Morgan fingerprint density at radius 1 is 1.46 bits per heavy atom. The van der Waals surface area contributed by atoms with Gasteiger partial charge in [-0.1, -0.05) is 33.8 Å². The number of carbonyl (C=O) groups is 1. The number of carbonyl (C=O) groups excluding carboxylic acids is 1. The number of unbranched alkanes of at least 4 members (excludes halogenated alkanes) is 1. The summed E-state index contributed by atoms with van der Waals surface area (Å²) in [6, 6.07) is 0. The number of rotatable bonds is 6. The molecule has 0 aromatic rings. The van der Waals surface area contributed by atoms with E-state index in [9.17, 15) is 4.79 Å². The second kappa shape index (κ2) is 6.70. The van der Waals surface area contributed by atoms with Crippen LogP contribution in [0.4, 0.5) is 0 Å². The van der Waals surface area contributed by atoms with Crippen molar-refractivity contribution in [1.82, 2.24) is 0 Å². The summed E-state index contributed by atoms with van der Waals surface area (Å²) in [7, 11) is 0. The van der Waals surface area contributed by atoms with E-state index in [1.165, 1.54) is 0 Å². The molecule has 76 valence electrons. The summed E-state index contributed by atoms with van der Waals surface area (Å²) in [5.74, 6) is 0.801. The topological polar surface area (TPSA) is 26.3 Å². The zero-order chi connectivity index (χ0) is 10.3. The summed E-state index contributed by atoms with van der Waals surface area (Å²) in [4.78, 5) is 11.1. The molecule has 0 heterocycles. The standard InChI is InChI=1S/C11H20O2/c1-5-6-7-10(4)13-11(12)8-9(2)3/h9H,4-8H2,1-3H3. The van der Waals surface area contributed by atoms with Crippen LogP contribution in [0.5, 0.6) is 0 Å². The van der Waals surface area contributed by atoms with Gasteiger partial charge in [0.25, 0.3) is 0 Å². The molecule has 0 unspecified atom stereocenters. The Hall–Kier alpha value is -0.790. The monoisotopic (exact) mass is 184 g/mol. The van der Waals surface area contributed by atoms with Crippen molar-refractivity contribution in [3.8, 4) is 0 Å². The number of ether oxygens (including phenoxy) is 1. The van der Waals surface area contributed by atoms with Gasteiger partial charge in [0.15, 0.2) is 0 Å². The van der Waals surface area contributed by atoms with E-state index in [1.54, 1.807) is 0 Å². The summed E-state index contributed by atoms with van der Waals surface area (Å²) in [6.45, 7) is 9.79. The van der Waals surface area contributed by atoms with E-state index in [4.69, 9.17) is 4.74 Å². The Labute approximate surface area is 81.0 Å². The molecule has 0 rings (SSSR count). The molecular weight excluding hydrogens is 164 g/mol. The average Bonchev–Trinajstić information content (AvgIpc) is 1.98. The van der Waals surface area contributed by atoms with E-state index < -0.39 is 0 Å². The first-order valence-corrected chi connectivity index (χ1v) is 4.94. The lowest BCUT2D eigenvalue weighted by Crippen LogP contribution is -2.07. The molecule has 0 saturated carbocycles. The molecule has 2 heteroatoms. The number of hydrogen-bond donors (Lipinski definition) is 0. The zero-order valence-electron chi connectivity index (χ0n) is 8.93. The Balaban J connectivity index is 3.59. The Kier molecular flexibility index (Phi) is 6.29. The molecule has 0 N–H and O–H groups in total. The maximum atomic E-state index is 11.1. The van der Waals surface area contributed by atoms with E-state index in [2.05, 4.69) is 13.5 Å². The summed E-state index contributed by atoms with van der Waals surface area (Å²) >= 11 is 0. The van der Waals surface area contributed by atoms with Crippen molar-refractivity contribution in [3.05, 3.63) is 12.3 Å². The highest BCUT2D eigenvalue weighted by Gasteiger charge is 2.07. The van der Waals surface area contributed by atoms with Crippen LogP contribution in [0, 0.1) is 5.92 Å². The van der Waals surface area contributed by atoms with Crippen molar-refractivity contribution in [3.63, 3.8) is 0 Å². The predicted octanol–water partition coefficient (Wildman–Crippen LogP) is 3.28. The lowest BCUT2D eigenvalue weighted by atomic mass is 10.1. The third-order valence-corrected chi connectivity index (χ3v) is 1.64. The zero-order valence-corrected chi connectivity index (χ0v) is 8.93. The van der Waals surface area contributed by atoms with E-state index in [0.717, 1.165) is 19.3 Å². The number of esters is 1. The quantitative estimate of drug-likeness (QED) is 0.467. The van der Waals surface area contributed by atoms with Crippen molar-refractivity contribution in [2.45, 2.75) is 46.5 Å². The molecule has 0 aliphatic heterocycles. The first-order valence-electron chi connectivity index (χ1n) is 4.94. The summed E-state index contributed by atoms with van der Waals surface area (Å²) in [5.41, 5.74) is 0. The molecule has 0 amide bonds. The minimum atomic E-state index is -0.156. The smallest absolute Gasteiger partial charge is 0.311 e. The first kappa shape index (κ1) is 12.2. The lowest BCUT2D eigenvalue weighted by molar-refractivity contribution is -0.140. The highest BCUT2D eigenvalue weighted by Crippen LogP contribution is 2.09. The number of allylic oxidation sites excluding steroid dienone is 1. The van der Waals surface area contributed by atoms with Gasteiger partial charge < -0.3 is 4.74 Å². The van der Waals surface area contributed by atoms with E-state index in [1.807, 2.05) is 13.8 Å². The fourth-order valence-electron chi connectivity index (χ4n) is 0.961. The molecular formula is C11H20O2. The van der Waals surface area contributed by atoms with E-state index in [0.29, 0.717) is 18.1 Å². The van der Waals surface area contributed by atoms with Gasteiger partial charge in [-0.2, -0.15) is 0 Å². The maximum absolute atomic E-state index is 11.1. The van der Waals surface area contributed by atoms with Crippen LogP contribution >= 0.6 is 0 Å². The van der Waals surface area contributed by atoms with Gasteiger partial charge in [-0.15, -0.1) is 0 Å². The van der Waals surface area contributed by atoms with E-state index >= 15 is 0 Å². The molecule has 0 aromatic heterocycles. The van der Waals surface area contributed by atoms with Crippen LogP contribution in [0.2, 0.25) is 0 Å². The van der Waals surface area contributed by atoms with Gasteiger partial charge in [-0.3, -0.25) is 4.79 Å². The number of hydrogen-bond acceptors (Lipinski definition) is 2. The van der Waals surface area contributed by atoms with Gasteiger partial charge >= 0.3 is 5.97 Å². The van der Waals surface area contributed by atoms with Crippen LogP contribution in [0.1, 0.15) is 46.5 Å². The third-order valence-electron chi connectivity index (χ3n) is 1.64. The van der Waals surface area contributed by atoms with Crippen LogP contribution in [-0.2, 0) is 9.53 Å². The minimum absolute atomic E-state index is 0.156. The van der Waals surface area contributed by atoms with Crippen LogP contribution < -0.4 is 0 Å². The van der Waals surface area contributed by atoms with Crippen molar-refractivity contribution in [2.24, 2.45) is 5.92 Å². The fraction of sp³-hybridized carbons (Fsp3) is 0.727. The summed E-state index contributed by atoms with van der Waals surface area (Å²) in [5, 5.41) is 0.